The van der Waals surface area contributed by atoms with Crippen molar-refractivity contribution < 1.29 is 9.53 Å². The summed E-state index contributed by atoms with van der Waals surface area (Å²) in [6.45, 7) is 10.5. The summed E-state index contributed by atoms with van der Waals surface area (Å²) in [5.74, 6) is 0.919. The van der Waals surface area contributed by atoms with Crippen LogP contribution >= 0.6 is 11.6 Å². The first-order chi connectivity index (χ1) is 18.9. The van der Waals surface area contributed by atoms with E-state index in [1.807, 2.05) is 38.1 Å². The van der Waals surface area contributed by atoms with E-state index in [-0.39, 0.29) is 24.1 Å². The van der Waals surface area contributed by atoms with Crippen LogP contribution < -0.4 is 15.8 Å². The molecule has 0 saturated carbocycles. The van der Waals surface area contributed by atoms with Gasteiger partial charge in [-0.1, -0.05) is 23.7 Å². The number of amides is 1. The zero-order chi connectivity index (χ0) is 27.4. The van der Waals surface area contributed by atoms with Crippen LogP contribution in [0.4, 0.5) is 5.69 Å². The Morgan fingerprint density at radius 1 is 1.10 bits per heavy atom. The number of carbonyl (C=O) groups excluding carboxylic acids is 1. The van der Waals surface area contributed by atoms with Crippen molar-refractivity contribution >= 4 is 34.1 Å². The van der Waals surface area contributed by atoms with Crippen molar-refractivity contribution in [3.05, 3.63) is 57.8 Å². The monoisotopic (exact) mass is 551 g/mol. The fraction of sp³-hybridized carbons (Fsp3) is 0.500. The number of nitrogens with zero attached hydrogens (tertiary/aromatic N) is 4. The summed E-state index contributed by atoms with van der Waals surface area (Å²) in [6, 6.07) is 13.1. The molecule has 5 rings (SSSR count). The van der Waals surface area contributed by atoms with Gasteiger partial charge in [-0.2, -0.15) is 0 Å². The highest BCUT2D eigenvalue weighted by Crippen LogP contribution is 2.26. The Kier molecular flexibility index (Phi) is 8.85. The number of rotatable bonds is 7. The van der Waals surface area contributed by atoms with Crippen LogP contribution in [0.2, 0.25) is 5.02 Å². The Bertz CT molecular complexity index is 1370. The maximum atomic E-state index is 13.9. The smallest absolute Gasteiger partial charge is 0.262 e. The topological polar surface area (TPSA) is 79.7 Å². The number of hydrogen-bond donors (Lipinski definition) is 1. The second-order valence-electron chi connectivity index (χ2n) is 11.0. The van der Waals surface area contributed by atoms with Crippen LogP contribution in [0.25, 0.3) is 22.3 Å². The SMILES string of the molecule is CC(C)NC(=O)Cn1c(-c2cccc(Cl)c2)nc2ccc(N3CCCN(CC4CCOCC4)CC3)cc2c1=O. The van der Waals surface area contributed by atoms with Gasteiger partial charge in [0, 0.05) is 61.7 Å². The molecule has 0 radical (unpaired) electrons. The summed E-state index contributed by atoms with van der Waals surface area (Å²) in [6.07, 6.45) is 3.37. The van der Waals surface area contributed by atoms with Gasteiger partial charge in [-0.05, 0) is 75.9 Å². The number of hydrogen-bond acceptors (Lipinski definition) is 6. The normalized spacial score (nSPS) is 17.5. The van der Waals surface area contributed by atoms with E-state index < -0.39 is 0 Å². The number of benzene rings is 2. The Hall–Kier alpha value is -2.94. The lowest BCUT2D eigenvalue weighted by atomic mass is 10.00. The molecule has 0 bridgehead atoms. The lowest BCUT2D eigenvalue weighted by Gasteiger charge is -2.29. The summed E-state index contributed by atoms with van der Waals surface area (Å²) < 4.78 is 7.00. The van der Waals surface area contributed by atoms with Gasteiger partial charge in [-0.15, -0.1) is 0 Å². The highest BCUT2D eigenvalue weighted by atomic mass is 35.5. The molecular weight excluding hydrogens is 514 g/mol. The molecule has 0 unspecified atom stereocenters. The van der Waals surface area contributed by atoms with Crippen molar-refractivity contribution in [2.75, 3.05) is 50.8 Å². The lowest BCUT2D eigenvalue weighted by Crippen LogP contribution is -2.37. The molecule has 1 aromatic heterocycles. The summed E-state index contributed by atoms with van der Waals surface area (Å²) in [5.41, 5.74) is 2.09. The molecule has 2 saturated heterocycles. The minimum absolute atomic E-state index is 0.0307. The molecule has 2 aliphatic rings. The van der Waals surface area contributed by atoms with Gasteiger partial charge in [0.25, 0.3) is 5.56 Å². The van der Waals surface area contributed by atoms with Gasteiger partial charge >= 0.3 is 0 Å². The summed E-state index contributed by atoms with van der Waals surface area (Å²) in [5, 5.41) is 3.94. The molecule has 208 valence electrons. The predicted molar refractivity (Wildman–Crippen MR) is 157 cm³/mol. The van der Waals surface area contributed by atoms with Gasteiger partial charge in [0.1, 0.15) is 12.4 Å². The third kappa shape index (κ3) is 6.80. The summed E-state index contributed by atoms with van der Waals surface area (Å²) in [7, 11) is 0. The van der Waals surface area contributed by atoms with Crippen LogP contribution in [0.3, 0.4) is 0 Å². The van der Waals surface area contributed by atoms with E-state index in [1.165, 1.54) is 4.57 Å². The standard InChI is InChI=1S/C30H38ClN5O3/c1-21(2)32-28(37)20-36-29(23-5-3-6-24(31)17-23)33-27-8-7-25(18-26(27)30(36)38)35-12-4-11-34(13-14-35)19-22-9-15-39-16-10-22/h3,5-8,17-18,21-22H,4,9-16,19-20H2,1-2H3,(H,32,37). The number of anilines is 1. The fourth-order valence-corrected chi connectivity index (χ4v) is 5.81. The molecule has 3 heterocycles. The van der Waals surface area contributed by atoms with Crippen molar-refractivity contribution in [2.45, 2.75) is 45.7 Å². The maximum absolute atomic E-state index is 13.9. The third-order valence-corrected chi connectivity index (χ3v) is 7.82. The minimum Gasteiger partial charge on any atom is -0.381 e. The Labute approximate surface area is 234 Å². The number of halogens is 1. The van der Waals surface area contributed by atoms with E-state index in [0.29, 0.717) is 27.3 Å². The highest BCUT2D eigenvalue weighted by molar-refractivity contribution is 6.30. The molecule has 3 aromatic rings. The van der Waals surface area contributed by atoms with Crippen LogP contribution in [-0.2, 0) is 16.1 Å². The van der Waals surface area contributed by atoms with E-state index in [9.17, 15) is 9.59 Å². The summed E-state index contributed by atoms with van der Waals surface area (Å²) >= 11 is 6.26. The largest absolute Gasteiger partial charge is 0.381 e. The van der Waals surface area contributed by atoms with Crippen molar-refractivity contribution in [3.63, 3.8) is 0 Å². The molecule has 1 N–H and O–H groups in total. The first kappa shape index (κ1) is 27.6. The van der Waals surface area contributed by atoms with Crippen molar-refractivity contribution in [1.82, 2.24) is 19.8 Å². The third-order valence-electron chi connectivity index (χ3n) is 7.58. The number of aromatic nitrogens is 2. The second kappa shape index (κ2) is 12.5. The van der Waals surface area contributed by atoms with Gasteiger partial charge in [0.2, 0.25) is 5.91 Å². The summed E-state index contributed by atoms with van der Waals surface area (Å²) in [4.78, 5) is 36.4. The van der Waals surface area contributed by atoms with Crippen LogP contribution in [-0.4, -0.2) is 72.3 Å². The van der Waals surface area contributed by atoms with Crippen molar-refractivity contribution in [1.29, 1.82) is 0 Å². The van der Waals surface area contributed by atoms with Crippen LogP contribution in [0.15, 0.2) is 47.3 Å². The van der Waals surface area contributed by atoms with E-state index >= 15 is 0 Å². The van der Waals surface area contributed by atoms with Crippen LogP contribution in [0.5, 0.6) is 0 Å². The molecule has 2 fully saturated rings. The van der Waals surface area contributed by atoms with E-state index in [1.54, 1.807) is 12.1 Å². The average Bonchev–Trinajstić information content (AvgIpc) is 3.16. The molecule has 1 amide bonds. The average molecular weight is 552 g/mol. The Balaban J connectivity index is 1.43. The van der Waals surface area contributed by atoms with Gasteiger partial charge in [0.05, 0.1) is 10.9 Å². The molecule has 39 heavy (non-hydrogen) atoms. The minimum atomic E-state index is -0.232. The van der Waals surface area contributed by atoms with Gasteiger partial charge in [-0.3, -0.25) is 14.2 Å². The Morgan fingerprint density at radius 3 is 2.69 bits per heavy atom. The number of nitrogens with one attached hydrogen (secondary N) is 1. The Morgan fingerprint density at radius 2 is 1.92 bits per heavy atom. The van der Waals surface area contributed by atoms with Gasteiger partial charge in [-0.25, -0.2) is 4.98 Å². The predicted octanol–water partition coefficient (Wildman–Crippen LogP) is 4.18. The van der Waals surface area contributed by atoms with Gasteiger partial charge < -0.3 is 19.9 Å². The quantitative estimate of drug-likeness (QED) is 0.474. The molecular formula is C30H38ClN5O3. The number of fused-ring (bicyclic) bond motifs is 1. The highest BCUT2D eigenvalue weighted by Gasteiger charge is 2.22. The van der Waals surface area contributed by atoms with Crippen molar-refractivity contribution in [3.8, 4) is 11.4 Å². The molecule has 0 atom stereocenters. The molecule has 0 spiro atoms. The lowest BCUT2D eigenvalue weighted by molar-refractivity contribution is -0.122. The zero-order valence-corrected chi connectivity index (χ0v) is 23.6. The second-order valence-corrected chi connectivity index (χ2v) is 11.4. The van der Waals surface area contributed by atoms with Gasteiger partial charge in [0.15, 0.2) is 0 Å². The van der Waals surface area contributed by atoms with Crippen LogP contribution in [0, 0.1) is 5.92 Å². The number of carbonyl (C=O) groups is 1. The van der Waals surface area contributed by atoms with Crippen LogP contribution in [0.1, 0.15) is 33.1 Å². The molecule has 2 aliphatic heterocycles. The first-order valence-electron chi connectivity index (χ1n) is 14.0. The maximum Gasteiger partial charge on any atom is 0.262 e. The molecule has 2 aromatic carbocycles. The van der Waals surface area contributed by atoms with E-state index in [4.69, 9.17) is 21.3 Å². The van der Waals surface area contributed by atoms with Crippen molar-refractivity contribution in [2.24, 2.45) is 5.92 Å². The fourth-order valence-electron chi connectivity index (χ4n) is 5.62. The molecule has 9 heteroatoms. The number of ether oxygens (including phenoxy) is 1. The van der Waals surface area contributed by atoms with E-state index in [0.717, 1.165) is 76.8 Å². The molecule has 0 aliphatic carbocycles. The first-order valence-corrected chi connectivity index (χ1v) is 14.4. The zero-order valence-electron chi connectivity index (χ0n) is 22.9. The molecule has 8 nitrogen and oxygen atoms in total. The van der Waals surface area contributed by atoms with E-state index in [2.05, 4.69) is 21.2 Å².